The fourth-order valence-electron chi connectivity index (χ4n) is 2.53. The molecule has 2 N–H and O–H groups in total. The number of para-hydroxylation sites is 1. The first-order valence-corrected chi connectivity index (χ1v) is 7.58. The quantitative estimate of drug-likeness (QED) is 0.641. The molecule has 1 aromatic rings. The third-order valence-electron chi connectivity index (χ3n) is 3.88. The Hall–Kier alpha value is -2.32. The normalized spacial score (nSPS) is 15.7. The first-order chi connectivity index (χ1) is 10.7. The minimum absolute atomic E-state index is 0.0353. The van der Waals surface area contributed by atoms with Crippen LogP contribution in [0.1, 0.15) is 25.3 Å². The van der Waals surface area contributed by atoms with E-state index >= 15 is 0 Å². The van der Waals surface area contributed by atoms with Gasteiger partial charge in [0, 0.05) is 24.5 Å². The van der Waals surface area contributed by atoms with Gasteiger partial charge in [0.25, 0.3) is 5.91 Å². The van der Waals surface area contributed by atoms with E-state index in [2.05, 4.69) is 5.32 Å². The maximum atomic E-state index is 12.6. The van der Waals surface area contributed by atoms with E-state index in [4.69, 9.17) is 5.11 Å². The SMILES string of the molecule is CCC(CO)N/C=C(/C#N)C(=O)N1CCCc2ccccc21. The molecule has 22 heavy (non-hydrogen) atoms. The molecule has 0 saturated carbocycles. The highest BCUT2D eigenvalue weighted by atomic mass is 16.3. The van der Waals surface area contributed by atoms with Gasteiger partial charge in [-0.25, -0.2) is 0 Å². The Morgan fingerprint density at radius 2 is 2.32 bits per heavy atom. The maximum absolute atomic E-state index is 12.6. The number of nitriles is 1. The second-order valence-electron chi connectivity index (χ2n) is 5.31. The van der Waals surface area contributed by atoms with E-state index in [-0.39, 0.29) is 24.1 Å². The van der Waals surface area contributed by atoms with Crippen molar-refractivity contribution in [3.63, 3.8) is 0 Å². The van der Waals surface area contributed by atoms with Gasteiger partial charge in [-0.05, 0) is 30.9 Å². The van der Waals surface area contributed by atoms with Gasteiger partial charge < -0.3 is 15.3 Å². The molecule has 0 aliphatic carbocycles. The Morgan fingerprint density at radius 1 is 1.55 bits per heavy atom. The van der Waals surface area contributed by atoms with E-state index in [9.17, 15) is 10.1 Å². The first-order valence-electron chi connectivity index (χ1n) is 7.58. The number of aliphatic hydroxyl groups excluding tert-OH is 1. The van der Waals surface area contributed by atoms with Crippen LogP contribution in [0, 0.1) is 11.3 Å². The van der Waals surface area contributed by atoms with Crippen LogP contribution in [0.5, 0.6) is 0 Å². The number of anilines is 1. The van der Waals surface area contributed by atoms with Gasteiger partial charge in [-0.1, -0.05) is 25.1 Å². The minimum Gasteiger partial charge on any atom is -0.394 e. The maximum Gasteiger partial charge on any atom is 0.270 e. The van der Waals surface area contributed by atoms with Crippen LogP contribution < -0.4 is 10.2 Å². The van der Waals surface area contributed by atoms with Crippen LogP contribution in [0.2, 0.25) is 0 Å². The minimum atomic E-state index is -0.296. The number of hydrogen-bond donors (Lipinski definition) is 2. The second kappa shape index (κ2) is 7.62. The van der Waals surface area contributed by atoms with Gasteiger partial charge in [0.1, 0.15) is 11.6 Å². The predicted octanol–water partition coefficient (Wildman–Crippen LogP) is 1.73. The molecule has 1 aliphatic rings. The van der Waals surface area contributed by atoms with Crippen LogP contribution >= 0.6 is 0 Å². The largest absolute Gasteiger partial charge is 0.394 e. The molecular weight excluding hydrogens is 278 g/mol. The summed E-state index contributed by atoms with van der Waals surface area (Å²) in [6.07, 6.45) is 3.98. The Labute approximate surface area is 130 Å². The van der Waals surface area contributed by atoms with E-state index in [0.717, 1.165) is 24.1 Å². The van der Waals surface area contributed by atoms with Gasteiger partial charge in [0.15, 0.2) is 0 Å². The summed E-state index contributed by atoms with van der Waals surface area (Å²) in [5.41, 5.74) is 2.08. The summed E-state index contributed by atoms with van der Waals surface area (Å²) in [7, 11) is 0. The highest BCUT2D eigenvalue weighted by molar-refractivity contribution is 6.08. The molecule has 1 atom stereocenters. The Kier molecular flexibility index (Phi) is 5.56. The van der Waals surface area contributed by atoms with Crippen molar-refractivity contribution in [2.24, 2.45) is 0 Å². The van der Waals surface area contributed by atoms with Gasteiger partial charge in [-0.2, -0.15) is 5.26 Å². The Balaban J connectivity index is 2.20. The molecule has 116 valence electrons. The van der Waals surface area contributed by atoms with Gasteiger partial charge in [-0.15, -0.1) is 0 Å². The lowest BCUT2D eigenvalue weighted by molar-refractivity contribution is -0.114. The number of hydrogen-bond acceptors (Lipinski definition) is 4. The lowest BCUT2D eigenvalue weighted by Gasteiger charge is -2.29. The van der Waals surface area contributed by atoms with E-state index in [1.165, 1.54) is 6.20 Å². The number of aliphatic hydroxyl groups is 1. The zero-order valence-electron chi connectivity index (χ0n) is 12.7. The van der Waals surface area contributed by atoms with Crippen molar-refractivity contribution in [3.8, 4) is 6.07 Å². The van der Waals surface area contributed by atoms with Crippen molar-refractivity contribution in [1.29, 1.82) is 5.26 Å². The van der Waals surface area contributed by atoms with Crippen molar-refractivity contribution in [2.75, 3.05) is 18.1 Å². The molecule has 1 aliphatic heterocycles. The molecule has 0 saturated heterocycles. The van der Waals surface area contributed by atoms with Gasteiger partial charge in [0.2, 0.25) is 0 Å². The summed E-state index contributed by atoms with van der Waals surface area (Å²) in [5.74, 6) is -0.296. The van der Waals surface area contributed by atoms with Crippen molar-refractivity contribution < 1.29 is 9.90 Å². The fourth-order valence-corrected chi connectivity index (χ4v) is 2.53. The van der Waals surface area contributed by atoms with Crippen LogP contribution in [-0.2, 0) is 11.2 Å². The average molecular weight is 299 g/mol. The Morgan fingerprint density at radius 3 is 3.00 bits per heavy atom. The first kappa shape index (κ1) is 16.1. The summed E-state index contributed by atoms with van der Waals surface area (Å²) < 4.78 is 0. The second-order valence-corrected chi connectivity index (χ2v) is 5.31. The summed E-state index contributed by atoms with van der Waals surface area (Å²) >= 11 is 0. The monoisotopic (exact) mass is 299 g/mol. The number of benzene rings is 1. The van der Waals surface area contributed by atoms with Crippen LogP contribution in [0.3, 0.4) is 0 Å². The van der Waals surface area contributed by atoms with Crippen molar-refractivity contribution >= 4 is 11.6 Å². The molecule has 0 fully saturated rings. The third kappa shape index (κ3) is 3.46. The smallest absolute Gasteiger partial charge is 0.270 e. The summed E-state index contributed by atoms with van der Waals surface area (Å²) in [6, 6.07) is 9.60. The molecule has 1 aromatic carbocycles. The number of nitrogens with one attached hydrogen (secondary N) is 1. The van der Waals surface area contributed by atoms with Gasteiger partial charge in [-0.3, -0.25) is 4.79 Å². The van der Waals surface area contributed by atoms with Crippen LogP contribution in [-0.4, -0.2) is 30.2 Å². The summed E-state index contributed by atoms with van der Waals surface area (Å²) in [6.45, 7) is 2.51. The summed E-state index contributed by atoms with van der Waals surface area (Å²) in [4.78, 5) is 14.3. The highest BCUT2D eigenvalue weighted by Gasteiger charge is 2.24. The van der Waals surface area contributed by atoms with E-state index in [1.807, 2.05) is 37.3 Å². The number of nitrogens with zero attached hydrogens (tertiary/aromatic N) is 2. The van der Waals surface area contributed by atoms with Crippen molar-refractivity contribution in [1.82, 2.24) is 5.32 Å². The van der Waals surface area contributed by atoms with Crippen molar-refractivity contribution in [3.05, 3.63) is 41.6 Å². The number of aryl methyl sites for hydroxylation is 1. The van der Waals surface area contributed by atoms with Gasteiger partial charge >= 0.3 is 0 Å². The zero-order chi connectivity index (χ0) is 15.9. The number of rotatable bonds is 5. The van der Waals surface area contributed by atoms with Crippen LogP contribution in [0.4, 0.5) is 5.69 Å². The lowest BCUT2D eigenvalue weighted by atomic mass is 10.0. The molecule has 5 nitrogen and oxygen atoms in total. The number of fused-ring (bicyclic) bond motifs is 1. The lowest BCUT2D eigenvalue weighted by Crippen LogP contribution is -2.37. The van der Waals surface area contributed by atoms with E-state index in [1.54, 1.807) is 4.90 Å². The molecule has 1 heterocycles. The molecule has 5 heteroatoms. The standard InChI is InChI=1S/C17H21N3O2/c1-2-15(12-21)19-11-14(10-18)17(22)20-9-5-7-13-6-3-4-8-16(13)20/h3-4,6,8,11,15,19,21H,2,5,7,9,12H2,1H3/b14-11-. The molecule has 2 rings (SSSR count). The van der Waals surface area contributed by atoms with E-state index in [0.29, 0.717) is 13.0 Å². The molecule has 0 spiro atoms. The molecular formula is C17H21N3O2. The molecule has 0 aromatic heterocycles. The third-order valence-corrected chi connectivity index (χ3v) is 3.88. The van der Waals surface area contributed by atoms with Gasteiger partial charge in [0.05, 0.1) is 6.61 Å². The topological polar surface area (TPSA) is 76.4 Å². The zero-order valence-corrected chi connectivity index (χ0v) is 12.7. The van der Waals surface area contributed by atoms with Crippen LogP contribution in [0.25, 0.3) is 0 Å². The highest BCUT2D eigenvalue weighted by Crippen LogP contribution is 2.27. The summed E-state index contributed by atoms with van der Waals surface area (Å²) in [5, 5.41) is 21.4. The predicted molar refractivity (Wildman–Crippen MR) is 85.1 cm³/mol. The van der Waals surface area contributed by atoms with Crippen LogP contribution in [0.15, 0.2) is 36.0 Å². The molecule has 0 bridgehead atoms. The van der Waals surface area contributed by atoms with Crippen molar-refractivity contribution in [2.45, 2.75) is 32.2 Å². The fraction of sp³-hybridized carbons (Fsp3) is 0.412. The number of amides is 1. The number of carbonyl (C=O) groups is 1. The molecule has 1 unspecified atom stereocenters. The molecule has 0 radical (unpaired) electrons. The Bertz CT molecular complexity index is 600. The average Bonchev–Trinajstić information content (AvgIpc) is 2.58. The molecule has 1 amide bonds. The number of carbonyl (C=O) groups excluding carboxylic acids is 1. The van der Waals surface area contributed by atoms with E-state index < -0.39 is 0 Å².